The Morgan fingerprint density at radius 3 is 2.77 bits per heavy atom. The number of benzene rings is 1. The fourth-order valence-corrected chi connectivity index (χ4v) is 3.64. The van der Waals surface area contributed by atoms with Gasteiger partial charge in [-0.1, -0.05) is 24.3 Å². The van der Waals surface area contributed by atoms with Crippen LogP contribution < -0.4 is 0 Å². The summed E-state index contributed by atoms with van der Waals surface area (Å²) < 4.78 is 1.60. The van der Waals surface area contributed by atoms with E-state index in [2.05, 4.69) is 17.2 Å². The second-order valence-corrected chi connectivity index (χ2v) is 6.97. The van der Waals surface area contributed by atoms with Gasteiger partial charge in [-0.3, -0.25) is 14.3 Å². The molecule has 6 nitrogen and oxygen atoms in total. The molecule has 0 saturated carbocycles. The van der Waals surface area contributed by atoms with E-state index in [0.717, 1.165) is 19.3 Å². The molecule has 2 atom stereocenters. The topological polar surface area (TPSA) is 58.4 Å². The molecule has 2 amide bonds. The van der Waals surface area contributed by atoms with Crippen molar-refractivity contribution >= 4 is 11.8 Å². The zero-order valence-electron chi connectivity index (χ0n) is 15.6. The van der Waals surface area contributed by atoms with Gasteiger partial charge in [0.1, 0.15) is 6.04 Å². The maximum atomic E-state index is 12.8. The number of nitrogens with zero attached hydrogens (tertiary/aromatic N) is 4. The van der Waals surface area contributed by atoms with Crippen molar-refractivity contribution in [1.82, 2.24) is 19.6 Å². The van der Waals surface area contributed by atoms with Crippen LogP contribution >= 0.6 is 0 Å². The second kappa shape index (κ2) is 7.72. The van der Waals surface area contributed by atoms with Crippen LogP contribution in [-0.2, 0) is 16.0 Å². The second-order valence-electron chi connectivity index (χ2n) is 6.97. The Morgan fingerprint density at radius 1 is 1.27 bits per heavy atom. The van der Waals surface area contributed by atoms with Gasteiger partial charge in [0.25, 0.3) is 0 Å². The van der Waals surface area contributed by atoms with Crippen LogP contribution in [0.1, 0.15) is 43.0 Å². The molecule has 0 spiro atoms. The maximum Gasteiger partial charge on any atom is 0.247 e. The molecule has 1 aromatic carbocycles. The van der Waals surface area contributed by atoms with Gasteiger partial charge >= 0.3 is 0 Å². The zero-order chi connectivity index (χ0) is 18.7. The highest BCUT2D eigenvalue weighted by Crippen LogP contribution is 2.33. The molecule has 0 bridgehead atoms. The van der Waals surface area contributed by atoms with Crippen molar-refractivity contribution in [3.05, 3.63) is 53.9 Å². The van der Waals surface area contributed by atoms with E-state index in [9.17, 15) is 9.59 Å². The highest BCUT2D eigenvalue weighted by Gasteiger charge is 2.28. The van der Waals surface area contributed by atoms with Gasteiger partial charge in [0.2, 0.25) is 11.8 Å². The normalized spacial score (nSPS) is 17.3. The van der Waals surface area contributed by atoms with E-state index in [1.807, 2.05) is 19.2 Å². The van der Waals surface area contributed by atoms with E-state index < -0.39 is 6.04 Å². The molecule has 6 heteroatoms. The van der Waals surface area contributed by atoms with Crippen molar-refractivity contribution in [3.8, 4) is 0 Å². The Balaban J connectivity index is 1.65. The van der Waals surface area contributed by atoms with Crippen molar-refractivity contribution < 1.29 is 9.59 Å². The first kappa shape index (κ1) is 18.2. The van der Waals surface area contributed by atoms with Gasteiger partial charge in [-0.2, -0.15) is 5.10 Å². The van der Waals surface area contributed by atoms with Crippen LogP contribution in [0.4, 0.5) is 0 Å². The first-order valence-corrected chi connectivity index (χ1v) is 9.06. The molecule has 0 radical (unpaired) electrons. The Hall–Kier alpha value is -2.63. The third-order valence-electron chi connectivity index (χ3n) is 5.23. The fraction of sp³-hybridized carbons (Fsp3) is 0.450. The zero-order valence-corrected chi connectivity index (χ0v) is 15.6. The van der Waals surface area contributed by atoms with Crippen LogP contribution in [0.25, 0.3) is 0 Å². The van der Waals surface area contributed by atoms with Crippen LogP contribution in [0.3, 0.4) is 0 Å². The Kier molecular flexibility index (Phi) is 5.40. The lowest BCUT2D eigenvalue weighted by molar-refractivity contribution is -0.141. The molecule has 0 N–H and O–H groups in total. The summed E-state index contributed by atoms with van der Waals surface area (Å²) in [5.41, 5.74) is 2.55. The summed E-state index contributed by atoms with van der Waals surface area (Å²) in [6.07, 6.45) is 6.49. The third kappa shape index (κ3) is 3.64. The van der Waals surface area contributed by atoms with Crippen LogP contribution in [0.5, 0.6) is 0 Å². The quantitative estimate of drug-likeness (QED) is 0.829. The Morgan fingerprint density at radius 2 is 2.04 bits per heavy atom. The average molecular weight is 354 g/mol. The maximum absolute atomic E-state index is 12.8. The van der Waals surface area contributed by atoms with Gasteiger partial charge in [-0.05, 0) is 43.4 Å². The highest BCUT2D eigenvalue weighted by atomic mass is 16.2. The van der Waals surface area contributed by atoms with Gasteiger partial charge in [0.05, 0.1) is 12.6 Å². The number of carbonyl (C=O) groups excluding carboxylic acids is 2. The lowest BCUT2D eigenvalue weighted by Gasteiger charge is -2.34. The van der Waals surface area contributed by atoms with Gasteiger partial charge in [0, 0.05) is 26.5 Å². The summed E-state index contributed by atoms with van der Waals surface area (Å²) in [6, 6.07) is 9.76. The Bertz CT molecular complexity index is 772. The predicted octanol–water partition coefficient (Wildman–Crippen LogP) is 2.44. The average Bonchev–Trinajstić information content (AvgIpc) is 3.20. The van der Waals surface area contributed by atoms with Crippen molar-refractivity contribution in [2.24, 2.45) is 0 Å². The molecular weight excluding hydrogens is 328 g/mol. The number of amides is 2. The minimum atomic E-state index is -0.427. The van der Waals surface area contributed by atoms with Gasteiger partial charge < -0.3 is 9.80 Å². The van der Waals surface area contributed by atoms with Crippen LogP contribution in [0.2, 0.25) is 0 Å². The van der Waals surface area contributed by atoms with Gasteiger partial charge in [0.15, 0.2) is 0 Å². The molecule has 1 heterocycles. The van der Waals surface area contributed by atoms with Crippen LogP contribution in [0, 0.1) is 0 Å². The first-order valence-electron chi connectivity index (χ1n) is 9.06. The van der Waals surface area contributed by atoms with Gasteiger partial charge in [-0.15, -0.1) is 0 Å². The number of carbonyl (C=O) groups is 2. The summed E-state index contributed by atoms with van der Waals surface area (Å²) in [7, 11) is 3.51. The monoisotopic (exact) mass is 354 g/mol. The van der Waals surface area contributed by atoms with Crippen LogP contribution in [-0.4, -0.2) is 52.0 Å². The number of hydrogen-bond donors (Lipinski definition) is 0. The summed E-state index contributed by atoms with van der Waals surface area (Å²) in [5, 5.41) is 4.11. The fourth-order valence-electron chi connectivity index (χ4n) is 3.64. The first-order chi connectivity index (χ1) is 12.5. The molecule has 138 valence electrons. The number of rotatable bonds is 5. The Labute approximate surface area is 154 Å². The molecule has 2 aromatic rings. The van der Waals surface area contributed by atoms with Crippen LogP contribution in [0.15, 0.2) is 42.7 Å². The molecule has 0 fully saturated rings. The van der Waals surface area contributed by atoms with E-state index in [0.29, 0.717) is 0 Å². The third-order valence-corrected chi connectivity index (χ3v) is 5.23. The van der Waals surface area contributed by atoms with E-state index in [1.54, 1.807) is 42.0 Å². The highest BCUT2D eigenvalue weighted by molar-refractivity contribution is 5.86. The largest absolute Gasteiger partial charge is 0.337 e. The molecule has 26 heavy (non-hydrogen) atoms. The number of aromatic nitrogens is 2. The standard InChI is InChI=1S/C20H26N4O2/c1-15(24-13-7-12-21-24)20(26)22(2)14-19(25)23(3)18-11-6-9-16-8-4-5-10-17(16)18/h4-5,7-8,10,12-13,15,18H,6,9,11,14H2,1-3H3/t15-,18+/m1/s1. The lowest BCUT2D eigenvalue weighted by atomic mass is 9.87. The molecule has 3 rings (SSSR count). The minimum Gasteiger partial charge on any atom is -0.337 e. The van der Waals surface area contributed by atoms with Gasteiger partial charge in [-0.25, -0.2) is 0 Å². The lowest BCUT2D eigenvalue weighted by Crippen LogP contribution is -2.43. The number of fused-ring (bicyclic) bond motifs is 1. The predicted molar refractivity (Wildman–Crippen MR) is 99.5 cm³/mol. The molecule has 0 unspecified atom stereocenters. The molecular formula is C20H26N4O2. The number of aryl methyl sites for hydroxylation is 1. The van der Waals surface area contributed by atoms with E-state index in [1.165, 1.54) is 16.0 Å². The minimum absolute atomic E-state index is 0.0461. The summed E-state index contributed by atoms with van der Waals surface area (Å²) >= 11 is 0. The number of likely N-dealkylation sites (N-methyl/N-ethyl adjacent to an activating group) is 2. The SMILES string of the molecule is C[C@H](C(=O)N(C)CC(=O)N(C)[C@H]1CCCc2ccccc21)n1cccn1. The van der Waals surface area contributed by atoms with E-state index in [4.69, 9.17) is 0 Å². The van der Waals surface area contributed by atoms with E-state index >= 15 is 0 Å². The van der Waals surface area contributed by atoms with Crippen molar-refractivity contribution in [3.63, 3.8) is 0 Å². The molecule has 1 aliphatic carbocycles. The van der Waals surface area contributed by atoms with Crippen molar-refractivity contribution in [2.45, 2.75) is 38.3 Å². The molecule has 0 aliphatic heterocycles. The van der Waals surface area contributed by atoms with Crippen molar-refractivity contribution in [1.29, 1.82) is 0 Å². The summed E-state index contributed by atoms with van der Waals surface area (Å²) in [4.78, 5) is 28.6. The number of hydrogen-bond acceptors (Lipinski definition) is 3. The van der Waals surface area contributed by atoms with E-state index in [-0.39, 0.29) is 24.4 Å². The summed E-state index contributed by atoms with van der Waals surface area (Å²) in [5.74, 6) is -0.172. The molecule has 1 aliphatic rings. The smallest absolute Gasteiger partial charge is 0.247 e. The molecule has 0 saturated heterocycles. The molecule has 1 aromatic heterocycles. The summed E-state index contributed by atoms with van der Waals surface area (Å²) in [6.45, 7) is 1.86. The van der Waals surface area contributed by atoms with Crippen molar-refractivity contribution in [2.75, 3.05) is 20.6 Å².